The Bertz CT molecular complexity index is 563. The monoisotopic (exact) mass is 326 g/mol. The summed E-state index contributed by atoms with van der Waals surface area (Å²) in [6, 6.07) is 7.30. The molecule has 0 N–H and O–H groups in total. The van der Waals surface area contributed by atoms with Crippen LogP contribution in [0.4, 0.5) is 0 Å². The summed E-state index contributed by atoms with van der Waals surface area (Å²) in [5, 5.41) is 4.81. The van der Waals surface area contributed by atoms with Crippen LogP contribution >= 0.6 is 27.5 Å². The van der Waals surface area contributed by atoms with Crippen molar-refractivity contribution in [2.45, 2.75) is 19.9 Å². The first kappa shape index (κ1) is 13.3. The van der Waals surface area contributed by atoms with E-state index in [-0.39, 0.29) is 5.78 Å². The molecule has 0 saturated carbocycles. The van der Waals surface area contributed by atoms with Gasteiger partial charge in [-0.1, -0.05) is 23.7 Å². The third-order valence-electron chi connectivity index (χ3n) is 2.64. The Kier molecular flexibility index (Phi) is 4.19. The van der Waals surface area contributed by atoms with E-state index in [9.17, 15) is 4.79 Å². The lowest BCUT2D eigenvalue weighted by molar-refractivity contribution is 0.0982. The first-order valence-electron chi connectivity index (χ1n) is 5.60. The molecule has 1 aromatic carbocycles. The first-order valence-corrected chi connectivity index (χ1v) is 6.78. The molecule has 0 saturated heterocycles. The minimum Gasteiger partial charge on any atom is -0.292 e. The number of nitrogens with zero attached hydrogens (tertiary/aromatic N) is 2. The highest BCUT2D eigenvalue weighted by Gasteiger charge is 2.16. The Morgan fingerprint density at radius 3 is 2.67 bits per heavy atom. The maximum atomic E-state index is 12.2. The van der Waals surface area contributed by atoms with E-state index in [1.54, 1.807) is 23.0 Å². The number of carbonyl (C=O) groups excluding carboxylic acids is 1. The number of Topliss-reactive ketones (excluding diaryl/α,β-unsaturated/α-hetero) is 1. The third-order valence-corrected chi connectivity index (χ3v) is 3.47. The number of aromatic nitrogens is 2. The molecule has 0 amide bonds. The van der Waals surface area contributed by atoms with Crippen LogP contribution < -0.4 is 0 Å². The van der Waals surface area contributed by atoms with Crippen LogP contribution in [0.25, 0.3) is 0 Å². The van der Waals surface area contributed by atoms with Crippen molar-refractivity contribution in [3.63, 3.8) is 0 Å². The minimum atomic E-state index is 0.0450. The number of benzene rings is 1. The van der Waals surface area contributed by atoms with Crippen LogP contribution in [-0.4, -0.2) is 15.6 Å². The third kappa shape index (κ3) is 2.82. The molecule has 2 aromatic rings. The molecule has 94 valence electrons. The largest absolute Gasteiger partial charge is 0.292 e. The summed E-state index contributed by atoms with van der Waals surface area (Å²) in [5.41, 5.74) is 1.56. The van der Waals surface area contributed by atoms with Gasteiger partial charge in [-0.2, -0.15) is 5.10 Å². The fourth-order valence-electron chi connectivity index (χ4n) is 1.75. The number of ketones is 1. The smallest absolute Gasteiger partial charge is 0.186 e. The van der Waals surface area contributed by atoms with Crippen molar-refractivity contribution in [2.24, 2.45) is 0 Å². The second-order valence-electron chi connectivity index (χ2n) is 3.88. The van der Waals surface area contributed by atoms with Crippen molar-refractivity contribution >= 4 is 33.3 Å². The second kappa shape index (κ2) is 5.67. The molecule has 0 aliphatic carbocycles. The fraction of sp³-hybridized carbons (Fsp3) is 0.231. The van der Waals surface area contributed by atoms with Gasteiger partial charge in [-0.05, 0) is 40.5 Å². The number of hydrogen-bond donors (Lipinski definition) is 0. The average molecular weight is 328 g/mol. The molecule has 1 heterocycles. The molecule has 2 rings (SSSR count). The molecule has 3 nitrogen and oxygen atoms in total. The predicted octanol–water partition coefficient (Wildman–Crippen LogP) is 3.74. The van der Waals surface area contributed by atoms with Gasteiger partial charge in [0.1, 0.15) is 5.69 Å². The second-order valence-corrected chi connectivity index (χ2v) is 5.17. The minimum absolute atomic E-state index is 0.0450. The zero-order valence-electron chi connectivity index (χ0n) is 9.86. The van der Waals surface area contributed by atoms with Gasteiger partial charge in [0.2, 0.25) is 0 Å². The summed E-state index contributed by atoms with van der Waals surface area (Å²) in [7, 11) is 0. The molecule has 0 aliphatic heterocycles. The highest BCUT2D eigenvalue weighted by Crippen LogP contribution is 2.19. The quantitative estimate of drug-likeness (QED) is 0.802. The van der Waals surface area contributed by atoms with Crippen LogP contribution in [0.3, 0.4) is 0 Å². The Balaban J connectivity index is 2.21. The molecule has 5 heteroatoms. The standard InChI is InChI=1S/C13H12BrClN2O/c1-2-17-13(11(14)8-16-17)12(18)7-9-3-5-10(15)6-4-9/h3-6,8H,2,7H2,1H3. The van der Waals surface area contributed by atoms with Crippen LogP contribution in [0.1, 0.15) is 23.0 Å². The average Bonchev–Trinajstić information content (AvgIpc) is 2.73. The van der Waals surface area contributed by atoms with E-state index < -0.39 is 0 Å². The number of aryl methyl sites for hydroxylation is 1. The van der Waals surface area contributed by atoms with Gasteiger partial charge in [0.25, 0.3) is 0 Å². The number of carbonyl (C=O) groups is 1. The Morgan fingerprint density at radius 2 is 2.06 bits per heavy atom. The molecule has 0 atom stereocenters. The lowest BCUT2D eigenvalue weighted by Crippen LogP contribution is -2.12. The zero-order valence-corrected chi connectivity index (χ0v) is 12.2. The summed E-state index contributed by atoms with van der Waals surface area (Å²) < 4.78 is 2.44. The molecule has 0 radical (unpaired) electrons. The lowest BCUT2D eigenvalue weighted by atomic mass is 10.1. The van der Waals surface area contributed by atoms with E-state index >= 15 is 0 Å². The van der Waals surface area contributed by atoms with Gasteiger partial charge >= 0.3 is 0 Å². The zero-order chi connectivity index (χ0) is 13.1. The van der Waals surface area contributed by atoms with E-state index in [0.717, 1.165) is 10.0 Å². The van der Waals surface area contributed by atoms with Gasteiger partial charge in [0.05, 0.1) is 10.7 Å². The SMILES string of the molecule is CCn1ncc(Br)c1C(=O)Cc1ccc(Cl)cc1. The molecule has 1 aromatic heterocycles. The molecule has 0 unspecified atom stereocenters. The maximum absolute atomic E-state index is 12.2. The Morgan fingerprint density at radius 1 is 1.39 bits per heavy atom. The number of hydrogen-bond acceptors (Lipinski definition) is 2. The van der Waals surface area contributed by atoms with E-state index in [1.165, 1.54) is 0 Å². The Labute approximate surface area is 119 Å². The molecule has 0 fully saturated rings. The molecule has 0 aliphatic rings. The molecule has 0 bridgehead atoms. The number of halogens is 2. The van der Waals surface area contributed by atoms with E-state index in [1.807, 2.05) is 19.1 Å². The number of rotatable bonds is 4. The molecular weight excluding hydrogens is 316 g/mol. The van der Waals surface area contributed by atoms with E-state index in [2.05, 4.69) is 21.0 Å². The van der Waals surface area contributed by atoms with Crippen molar-refractivity contribution in [3.8, 4) is 0 Å². The van der Waals surface area contributed by atoms with Crippen molar-refractivity contribution in [2.75, 3.05) is 0 Å². The normalized spacial score (nSPS) is 10.6. The van der Waals surface area contributed by atoms with Crippen LogP contribution in [0.2, 0.25) is 5.02 Å². The van der Waals surface area contributed by atoms with Gasteiger partial charge in [-0.25, -0.2) is 0 Å². The highest BCUT2D eigenvalue weighted by atomic mass is 79.9. The van der Waals surface area contributed by atoms with Gasteiger partial charge in [0, 0.05) is 18.0 Å². The topological polar surface area (TPSA) is 34.9 Å². The van der Waals surface area contributed by atoms with Gasteiger partial charge in [0.15, 0.2) is 5.78 Å². The van der Waals surface area contributed by atoms with Gasteiger partial charge < -0.3 is 0 Å². The van der Waals surface area contributed by atoms with E-state index in [0.29, 0.717) is 23.7 Å². The summed E-state index contributed by atoms with van der Waals surface area (Å²) in [6.07, 6.45) is 2.00. The predicted molar refractivity (Wildman–Crippen MR) is 75.1 cm³/mol. The summed E-state index contributed by atoms with van der Waals surface area (Å²) in [4.78, 5) is 12.2. The van der Waals surface area contributed by atoms with Crippen LogP contribution in [0.15, 0.2) is 34.9 Å². The van der Waals surface area contributed by atoms with Crippen molar-refractivity contribution < 1.29 is 4.79 Å². The summed E-state index contributed by atoms with van der Waals surface area (Å²) in [6.45, 7) is 2.63. The maximum Gasteiger partial charge on any atom is 0.186 e. The molecule has 18 heavy (non-hydrogen) atoms. The lowest BCUT2D eigenvalue weighted by Gasteiger charge is -2.05. The van der Waals surface area contributed by atoms with Crippen LogP contribution in [-0.2, 0) is 13.0 Å². The first-order chi connectivity index (χ1) is 8.61. The van der Waals surface area contributed by atoms with Crippen LogP contribution in [0, 0.1) is 0 Å². The molecular formula is C13H12BrClN2O. The summed E-state index contributed by atoms with van der Waals surface area (Å²) in [5.74, 6) is 0.0450. The highest BCUT2D eigenvalue weighted by molar-refractivity contribution is 9.10. The van der Waals surface area contributed by atoms with Crippen LogP contribution in [0.5, 0.6) is 0 Å². The fourth-order valence-corrected chi connectivity index (χ4v) is 2.39. The Hall–Kier alpha value is -1.13. The summed E-state index contributed by atoms with van der Waals surface area (Å²) >= 11 is 9.17. The molecule has 0 spiro atoms. The van der Waals surface area contributed by atoms with Gasteiger partial charge in [-0.15, -0.1) is 0 Å². The van der Waals surface area contributed by atoms with Crippen molar-refractivity contribution in [3.05, 3.63) is 51.2 Å². The van der Waals surface area contributed by atoms with E-state index in [4.69, 9.17) is 11.6 Å². The van der Waals surface area contributed by atoms with Crippen molar-refractivity contribution in [1.29, 1.82) is 0 Å². The van der Waals surface area contributed by atoms with Crippen molar-refractivity contribution in [1.82, 2.24) is 9.78 Å². The van der Waals surface area contributed by atoms with Gasteiger partial charge in [-0.3, -0.25) is 9.48 Å².